The van der Waals surface area contributed by atoms with E-state index in [2.05, 4.69) is 22.4 Å². The van der Waals surface area contributed by atoms with Crippen molar-refractivity contribution in [3.63, 3.8) is 0 Å². The fourth-order valence-electron chi connectivity index (χ4n) is 2.48. The minimum Gasteiger partial charge on any atom is -0.295 e. The minimum atomic E-state index is -0.349. The number of carbonyl (C=O) groups is 1. The SMILES string of the molecule is O=C(CCN(Cc1cccs1)C1CC1)c1cccc(F)c1. The summed E-state index contributed by atoms with van der Waals surface area (Å²) in [5.74, 6) is -0.329. The number of Topliss-reactive ketones (excluding diaryl/α,β-unsaturated/α-hetero) is 1. The molecule has 4 heteroatoms. The van der Waals surface area contributed by atoms with Gasteiger partial charge in [0.25, 0.3) is 0 Å². The number of nitrogens with zero attached hydrogens (tertiary/aromatic N) is 1. The first-order valence-corrected chi connectivity index (χ1v) is 8.15. The molecule has 21 heavy (non-hydrogen) atoms. The minimum absolute atomic E-state index is 0.0197. The number of halogens is 1. The van der Waals surface area contributed by atoms with Crippen molar-refractivity contribution in [2.45, 2.75) is 31.8 Å². The zero-order valence-electron chi connectivity index (χ0n) is 11.8. The second kappa shape index (κ2) is 6.50. The number of carbonyl (C=O) groups excluding carboxylic acids is 1. The van der Waals surface area contributed by atoms with Gasteiger partial charge in [-0.25, -0.2) is 4.39 Å². The van der Waals surface area contributed by atoms with Gasteiger partial charge in [0.1, 0.15) is 5.82 Å². The third-order valence-corrected chi connectivity index (χ3v) is 4.64. The Morgan fingerprint density at radius 3 is 2.81 bits per heavy atom. The summed E-state index contributed by atoms with van der Waals surface area (Å²) in [6.07, 6.45) is 2.89. The molecule has 1 heterocycles. The van der Waals surface area contributed by atoms with Gasteiger partial charge in [0.2, 0.25) is 0 Å². The molecule has 0 radical (unpaired) electrons. The second-order valence-electron chi connectivity index (χ2n) is 5.46. The van der Waals surface area contributed by atoms with Crippen LogP contribution in [-0.2, 0) is 6.54 Å². The zero-order valence-corrected chi connectivity index (χ0v) is 12.6. The molecular weight excluding hydrogens is 285 g/mol. The molecule has 1 aliphatic rings. The smallest absolute Gasteiger partial charge is 0.164 e. The second-order valence-corrected chi connectivity index (χ2v) is 6.50. The molecule has 0 atom stereocenters. The summed E-state index contributed by atoms with van der Waals surface area (Å²) in [4.78, 5) is 15.9. The summed E-state index contributed by atoms with van der Waals surface area (Å²) in [7, 11) is 0. The topological polar surface area (TPSA) is 20.3 Å². The van der Waals surface area contributed by atoms with Crippen LogP contribution in [0.2, 0.25) is 0 Å². The number of hydrogen-bond donors (Lipinski definition) is 0. The molecule has 0 aliphatic heterocycles. The molecule has 1 aromatic carbocycles. The molecule has 2 aromatic rings. The predicted octanol–water partition coefficient (Wildman–Crippen LogP) is 4.12. The molecule has 0 bridgehead atoms. The summed E-state index contributed by atoms with van der Waals surface area (Å²) in [5, 5.41) is 2.08. The Bertz CT molecular complexity index is 607. The van der Waals surface area contributed by atoms with Crippen LogP contribution in [0.3, 0.4) is 0 Å². The lowest BCUT2D eigenvalue weighted by Crippen LogP contribution is -2.27. The zero-order chi connectivity index (χ0) is 14.7. The average molecular weight is 303 g/mol. The van der Waals surface area contributed by atoms with Crippen LogP contribution in [0.25, 0.3) is 0 Å². The quantitative estimate of drug-likeness (QED) is 0.717. The van der Waals surface area contributed by atoms with Crippen LogP contribution < -0.4 is 0 Å². The Morgan fingerprint density at radius 1 is 1.29 bits per heavy atom. The highest BCUT2D eigenvalue weighted by molar-refractivity contribution is 7.09. The van der Waals surface area contributed by atoms with Crippen LogP contribution in [0.1, 0.15) is 34.5 Å². The molecule has 0 N–H and O–H groups in total. The molecule has 0 unspecified atom stereocenters. The molecule has 2 nitrogen and oxygen atoms in total. The molecule has 1 fully saturated rings. The van der Waals surface area contributed by atoms with Gasteiger partial charge in [-0.15, -0.1) is 11.3 Å². The number of hydrogen-bond acceptors (Lipinski definition) is 3. The lowest BCUT2D eigenvalue weighted by molar-refractivity contribution is 0.0960. The number of rotatable bonds is 7. The Kier molecular flexibility index (Phi) is 4.46. The Hall–Kier alpha value is -1.52. The third kappa shape index (κ3) is 3.99. The predicted molar refractivity (Wildman–Crippen MR) is 83.1 cm³/mol. The van der Waals surface area contributed by atoms with E-state index in [0.717, 1.165) is 13.1 Å². The van der Waals surface area contributed by atoms with Gasteiger partial charge in [-0.3, -0.25) is 9.69 Å². The van der Waals surface area contributed by atoms with E-state index in [1.54, 1.807) is 23.5 Å². The molecule has 0 amide bonds. The van der Waals surface area contributed by atoms with E-state index in [-0.39, 0.29) is 11.6 Å². The highest BCUT2D eigenvalue weighted by Crippen LogP contribution is 2.29. The summed E-state index contributed by atoms with van der Waals surface area (Å²) >= 11 is 1.75. The first kappa shape index (κ1) is 14.4. The van der Waals surface area contributed by atoms with Gasteiger partial charge in [0.15, 0.2) is 5.78 Å². The van der Waals surface area contributed by atoms with E-state index in [1.165, 1.54) is 29.9 Å². The maximum atomic E-state index is 13.2. The van der Waals surface area contributed by atoms with Crippen molar-refractivity contribution in [2.24, 2.45) is 0 Å². The Balaban J connectivity index is 1.58. The van der Waals surface area contributed by atoms with Gasteiger partial charge in [0, 0.05) is 36.0 Å². The standard InChI is InChI=1S/C17H18FNOS/c18-14-4-1-3-13(11-14)17(20)8-9-19(15-6-7-15)12-16-5-2-10-21-16/h1-5,10-11,15H,6-9,12H2. The van der Waals surface area contributed by atoms with Gasteiger partial charge in [-0.1, -0.05) is 18.2 Å². The summed E-state index contributed by atoms with van der Waals surface area (Å²) in [6, 6.07) is 10.8. The maximum absolute atomic E-state index is 13.2. The number of benzene rings is 1. The molecular formula is C17H18FNOS. The molecule has 0 spiro atoms. The third-order valence-electron chi connectivity index (χ3n) is 3.77. The van der Waals surface area contributed by atoms with E-state index in [0.29, 0.717) is 18.0 Å². The lowest BCUT2D eigenvalue weighted by atomic mass is 10.1. The van der Waals surface area contributed by atoms with Crippen molar-refractivity contribution in [3.8, 4) is 0 Å². The Morgan fingerprint density at radius 2 is 2.14 bits per heavy atom. The largest absolute Gasteiger partial charge is 0.295 e. The molecule has 1 aliphatic carbocycles. The number of ketones is 1. The normalized spacial score (nSPS) is 14.6. The summed E-state index contributed by atoms with van der Waals surface area (Å²) in [5.41, 5.74) is 0.474. The van der Waals surface area contributed by atoms with E-state index in [9.17, 15) is 9.18 Å². The van der Waals surface area contributed by atoms with Gasteiger partial charge < -0.3 is 0 Å². The highest BCUT2D eigenvalue weighted by Gasteiger charge is 2.29. The van der Waals surface area contributed by atoms with Crippen molar-refractivity contribution < 1.29 is 9.18 Å². The van der Waals surface area contributed by atoms with Gasteiger partial charge >= 0.3 is 0 Å². The van der Waals surface area contributed by atoms with Crippen molar-refractivity contribution in [2.75, 3.05) is 6.54 Å². The molecule has 1 aromatic heterocycles. The van der Waals surface area contributed by atoms with Crippen molar-refractivity contribution in [1.82, 2.24) is 4.90 Å². The van der Waals surface area contributed by atoms with Crippen LogP contribution in [0, 0.1) is 5.82 Å². The average Bonchev–Trinajstić information content (AvgIpc) is 3.20. The van der Waals surface area contributed by atoms with Crippen LogP contribution in [0.15, 0.2) is 41.8 Å². The van der Waals surface area contributed by atoms with Crippen LogP contribution in [0.4, 0.5) is 4.39 Å². The lowest BCUT2D eigenvalue weighted by Gasteiger charge is -2.20. The van der Waals surface area contributed by atoms with Crippen molar-refractivity contribution in [1.29, 1.82) is 0 Å². The molecule has 1 saturated carbocycles. The van der Waals surface area contributed by atoms with Crippen LogP contribution in [0.5, 0.6) is 0 Å². The van der Waals surface area contributed by atoms with E-state index >= 15 is 0 Å². The highest BCUT2D eigenvalue weighted by atomic mass is 32.1. The van der Waals surface area contributed by atoms with Crippen LogP contribution in [-0.4, -0.2) is 23.3 Å². The van der Waals surface area contributed by atoms with Crippen LogP contribution >= 0.6 is 11.3 Å². The Labute approximate surface area is 128 Å². The monoisotopic (exact) mass is 303 g/mol. The van der Waals surface area contributed by atoms with E-state index in [4.69, 9.17) is 0 Å². The van der Waals surface area contributed by atoms with Gasteiger partial charge in [-0.05, 0) is 36.4 Å². The van der Waals surface area contributed by atoms with E-state index < -0.39 is 0 Å². The summed E-state index contributed by atoms with van der Waals surface area (Å²) in [6.45, 7) is 1.66. The van der Waals surface area contributed by atoms with Crippen molar-refractivity contribution in [3.05, 3.63) is 58.0 Å². The van der Waals surface area contributed by atoms with Crippen molar-refractivity contribution >= 4 is 17.1 Å². The first-order valence-electron chi connectivity index (χ1n) is 7.27. The van der Waals surface area contributed by atoms with Gasteiger partial charge in [0.05, 0.1) is 0 Å². The van der Waals surface area contributed by atoms with Gasteiger partial charge in [-0.2, -0.15) is 0 Å². The summed E-state index contributed by atoms with van der Waals surface area (Å²) < 4.78 is 13.2. The first-order chi connectivity index (χ1) is 10.2. The van der Waals surface area contributed by atoms with E-state index in [1.807, 2.05) is 0 Å². The fraction of sp³-hybridized carbons (Fsp3) is 0.353. The molecule has 110 valence electrons. The maximum Gasteiger partial charge on any atom is 0.164 e. The molecule has 0 saturated heterocycles. The number of thiophene rings is 1. The fourth-order valence-corrected chi connectivity index (χ4v) is 3.21. The molecule has 3 rings (SSSR count).